The van der Waals surface area contributed by atoms with Gasteiger partial charge in [-0.1, -0.05) is 19.1 Å². The molecule has 0 saturated carbocycles. The van der Waals surface area contributed by atoms with Gasteiger partial charge in [0, 0.05) is 6.54 Å². The van der Waals surface area contributed by atoms with Crippen LogP contribution in [0.3, 0.4) is 0 Å². The topological polar surface area (TPSA) is 38.3 Å². The summed E-state index contributed by atoms with van der Waals surface area (Å²) >= 11 is 0. The summed E-state index contributed by atoms with van der Waals surface area (Å²) in [5.41, 5.74) is 1.32. The molecule has 0 fully saturated rings. The number of hydrogen-bond donors (Lipinski definition) is 1. The Morgan fingerprint density at radius 2 is 1.82 bits per heavy atom. The van der Waals surface area contributed by atoms with Crippen LogP contribution in [0.1, 0.15) is 43.6 Å². The molecule has 0 saturated heterocycles. The molecule has 0 aromatic heterocycles. The van der Waals surface area contributed by atoms with E-state index in [1.54, 1.807) is 12.1 Å². The van der Waals surface area contributed by atoms with E-state index in [1.165, 1.54) is 5.56 Å². The summed E-state index contributed by atoms with van der Waals surface area (Å²) < 4.78 is 5.29. The van der Waals surface area contributed by atoms with Crippen molar-refractivity contribution in [3.8, 4) is 0 Å². The maximum absolute atomic E-state index is 11.7. The van der Waals surface area contributed by atoms with Crippen molar-refractivity contribution < 1.29 is 9.53 Å². The summed E-state index contributed by atoms with van der Waals surface area (Å²) in [6, 6.07) is 7.51. The largest absolute Gasteiger partial charge is 0.456 e. The highest BCUT2D eigenvalue weighted by Gasteiger charge is 2.17. The maximum Gasteiger partial charge on any atom is 0.338 e. The van der Waals surface area contributed by atoms with Crippen molar-refractivity contribution in [1.82, 2.24) is 5.32 Å². The quantitative estimate of drug-likeness (QED) is 0.815. The SMILES string of the molecule is CCNCc1ccc(C(=O)OC(C)(C)C)cc1. The molecule has 1 N–H and O–H groups in total. The summed E-state index contributed by atoms with van der Waals surface area (Å²) in [5.74, 6) is -0.271. The minimum Gasteiger partial charge on any atom is -0.456 e. The zero-order valence-electron chi connectivity index (χ0n) is 11.0. The third-order valence-corrected chi connectivity index (χ3v) is 2.17. The Kier molecular flexibility index (Phi) is 4.70. The van der Waals surface area contributed by atoms with Crippen LogP contribution in [0, 0.1) is 0 Å². The monoisotopic (exact) mass is 235 g/mol. The molecule has 0 amide bonds. The molecule has 0 aliphatic heterocycles. The molecule has 17 heavy (non-hydrogen) atoms. The lowest BCUT2D eigenvalue weighted by molar-refractivity contribution is 0.00695. The van der Waals surface area contributed by atoms with Crippen molar-refractivity contribution in [3.63, 3.8) is 0 Å². The zero-order chi connectivity index (χ0) is 12.9. The molecule has 0 bridgehead atoms. The molecule has 1 aromatic rings. The van der Waals surface area contributed by atoms with Gasteiger partial charge in [0.05, 0.1) is 5.56 Å². The van der Waals surface area contributed by atoms with Crippen LogP contribution in [0.2, 0.25) is 0 Å². The number of nitrogens with one attached hydrogen (secondary N) is 1. The van der Waals surface area contributed by atoms with Gasteiger partial charge in [-0.2, -0.15) is 0 Å². The van der Waals surface area contributed by atoms with Gasteiger partial charge < -0.3 is 10.1 Å². The van der Waals surface area contributed by atoms with Crippen molar-refractivity contribution in [2.75, 3.05) is 6.54 Å². The predicted octanol–water partition coefficient (Wildman–Crippen LogP) is 2.75. The Hall–Kier alpha value is -1.35. The van der Waals surface area contributed by atoms with E-state index in [4.69, 9.17) is 4.74 Å². The first-order valence-electron chi connectivity index (χ1n) is 5.95. The van der Waals surface area contributed by atoms with E-state index in [-0.39, 0.29) is 5.97 Å². The zero-order valence-corrected chi connectivity index (χ0v) is 11.0. The van der Waals surface area contributed by atoms with E-state index in [0.29, 0.717) is 5.56 Å². The van der Waals surface area contributed by atoms with E-state index in [2.05, 4.69) is 12.2 Å². The molecule has 1 rings (SSSR count). The minimum absolute atomic E-state index is 0.271. The second kappa shape index (κ2) is 5.82. The van der Waals surface area contributed by atoms with Crippen LogP contribution in [-0.4, -0.2) is 18.1 Å². The molecule has 0 aliphatic rings. The Morgan fingerprint density at radius 3 is 2.29 bits per heavy atom. The fraction of sp³-hybridized carbons (Fsp3) is 0.500. The second-order valence-electron chi connectivity index (χ2n) is 4.98. The predicted molar refractivity (Wildman–Crippen MR) is 69.0 cm³/mol. The van der Waals surface area contributed by atoms with Gasteiger partial charge in [-0.15, -0.1) is 0 Å². The first kappa shape index (κ1) is 13.7. The number of rotatable bonds is 4. The van der Waals surface area contributed by atoms with Crippen molar-refractivity contribution in [1.29, 1.82) is 0 Å². The molecule has 1 aromatic carbocycles. The van der Waals surface area contributed by atoms with Crippen LogP contribution in [0.5, 0.6) is 0 Å². The molecule has 0 unspecified atom stereocenters. The van der Waals surface area contributed by atoms with Crippen molar-refractivity contribution in [2.24, 2.45) is 0 Å². The van der Waals surface area contributed by atoms with Gasteiger partial charge in [-0.05, 0) is 45.0 Å². The molecule has 3 heteroatoms. The number of esters is 1. The number of carbonyl (C=O) groups excluding carboxylic acids is 1. The second-order valence-corrected chi connectivity index (χ2v) is 4.98. The minimum atomic E-state index is -0.445. The third-order valence-electron chi connectivity index (χ3n) is 2.17. The lowest BCUT2D eigenvalue weighted by Gasteiger charge is -2.19. The Balaban J connectivity index is 2.64. The number of ether oxygens (including phenoxy) is 1. The summed E-state index contributed by atoms with van der Waals surface area (Å²) in [5, 5.41) is 3.24. The van der Waals surface area contributed by atoms with Crippen LogP contribution in [0.15, 0.2) is 24.3 Å². The molecule has 3 nitrogen and oxygen atoms in total. The Morgan fingerprint density at radius 1 is 1.24 bits per heavy atom. The van der Waals surface area contributed by atoms with Gasteiger partial charge in [-0.25, -0.2) is 4.79 Å². The lowest BCUT2D eigenvalue weighted by Crippen LogP contribution is -2.23. The third kappa shape index (κ3) is 5.00. The smallest absolute Gasteiger partial charge is 0.338 e. The molecule has 0 aliphatic carbocycles. The van der Waals surface area contributed by atoms with Gasteiger partial charge in [0.15, 0.2) is 0 Å². The molecule has 0 atom stereocenters. The van der Waals surface area contributed by atoms with E-state index >= 15 is 0 Å². The lowest BCUT2D eigenvalue weighted by atomic mass is 10.1. The normalized spacial score (nSPS) is 11.3. The van der Waals surface area contributed by atoms with Crippen LogP contribution in [-0.2, 0) is 11.3 Å². The highest BCUT2D eigenvalue weighted by Crippen LogP contribution is 2.12. The maximum atomic E-state index is 11.7. The van der Waals surface area contributed by atoms with Crippen LogP contribution < -0.4 is 5.32 Å². The van der Waals surface area contributed by atoms with Gasteiger partial charge in [0.2, 0.25) is 0 Å². The van der Waals surface area contributed by atoms with Crippen LogP contribution in [0.4, 0.5) is 0 Å². The molecule has 0 heterocycles. The fourth-order valence-corrected chi connectivity index (χ4v) is 1.37. The number of carbonyl (C=O) groups is 1. The van der Waals surface area contributed by atoms with Gasteiger partial charge in [-0.3, -0.25) is 0 Å². The van der Waals surface area contributed by atoms with E-state index in [1.807, 2.05) is 32.9 Å². The average Bonchev–Trinajstić information content (AvgIpc) is 2.24. The van der Waals surface area contributed by atoms with Gasteiger partial charge >= 0.3 is 5.97 Å². The molecule has 0 radical (unpaired) electrons. The van der Waals surface area contributed by atoms with E-state index in [9.17, 15) is 4.79 Å². The molecule has 94 valence electrons. The van der Waals surface area contributed by atoms with Gasteiger partial charge in [0.25, 0.3) is 0 Å². The van der Waals surface area contributed by atoms with Crippen molar-refractivity contribution >= 4 is 5.97 Å². The molecule has 0 spiro atoms. The highest BCUT2D eigenvalue weighted by molar-refractivity contribution is 5.89. The van der Waals surface area contributed by atoms with Crippen molar-refractivity contribution in [2.45, 2.75) is 39.8 Å². The first-order chi connectivity index (χ1) is 7.92. The fourth-order valence-electron chi connectivity index (χ4n) is 1.37. The molecular formula is C14H21NO2. The first-order valence-corrected chi connectivity index (χ1v) is 5.95. The number of hydrogen-bond acceptors (Lipinski definition) is 3. The van der Waals surface area contributed by atoms with Crippen LogP contribution in [0.25, 0.3) is 0 Å². The van der Waals surface area contributed by atoms with Crippen molar-refractivity contribution in [3.05, 3.63) is 35.4 Å². The van der Waals surface area contributed by atoms with Crippen LogP contribution >= 0.6 is 0 Å². The van der Waals surface area contributed by atoms with E-state index < -0.39 is 5.60 Å². The summed E-state index contributed by atoms with van der Waals surface area (Å²) in [6.07, 6.45) is 0. The van der Waals surface area contributed by atoms with E-state index in [0.717, 1.165) is 13.1 Å². The Bertz CT molecular complexity index is 363. The summed E-state index contributed by atoms with van der Waals surface area (Å²) in [6.45, 7) is 9.42. The highest BCUT2D eigenvalue weighted by atomic mass is 16.6. The summed E-state index contributed by atoms with van der Waals surface area (Å²) in [7, 11) is 0. The Labute approximate surface area is 103 Å². The average molecular weight is 235 g/mol. The number of benzene rings is 1. The molecular weight excluding hydrogens is 214 g/mol. The standard InChI is InChI=1S/C14H21NO2/c1-5-15-10-11-6-8-12(9-7-11)13(16)17-14(2,3)4/h6-9,15H,5,10H2,1-4H3. The van der Waals surface area contributed by atoms with Gasteiger partial charge in [0.1, 0.15) is 5.60 Å². The summed E-state index contributed by atoms with van der Waals surface area (Å²) in [4.78, 5) is 11.7.